The molecule has 0 saturated carbocycles. The topological polar surface area (TPSA) is 50.4 Å². The van der Waals surface area contributed by atoms with Gasteiger partial charge in [-0.3, -0.25) is 5.32 Å². The van der Waals surface area contributed by atoms with E-state index < -0.39 is 0 Å². The second-order valence-electron chi connectivity index (χ2n) is 2.82. The number of hydrogen-bond acceptors (Lipinski definition) is 3. The van der Waals surface area contributed by atoms with Gasteiger partial charge in [0.2, 0.25) is 0 Å². The average molecular weight is 178 g/mol. The second kappa shape index (κ2) is 2.97. The van der Waals surface area contributed by atoms with Crippen LogP contribution in [0.25, 0.3) is 0 Å². The molecule has 4 heteroatoms. The lowest BCUT2D eigenvalue weighted by Gasteiger charge is -2.17. The van der Waals surface area contributed by atoms with Crippen molar-refractivity contribution >= 4 is 17.5 Å². The summed E-state index contributed by atoms with van der Waals surface area (Å²) in [6.45, 7) is 0.352. The van der Waals surface area contributed by atoms with Crippen molar-refractivity contribution in [2.45, 2.75) is 6.61 Å². The van der Waals surface area contributed by atoms with Crippen molar-refractivity contribution in [3.63, 3.8) is 0 Å². The summed E-state index contributed by atoms with van der Waals surface area (Å²) < 4.78 is 4.81. The van der Waals surface area contributed by atoms with Gasteiger partial charge >= 0.3 is 6.09 Å². The van der Waals surface area contributed by atoms with Crippen molar-refractivity contribution in [2.75, 3.05) is 17.7 Å². The number of anilines is 2. The Morgan fingerprint density at radius 1 is 1.54 bits per heavy atom. The smallest absolute Gasteiger partial charge is 0.411 e. The quantitative estimate of drug-likeness (QED) is 0.689. The zero-order valence-corrected chi connectivity index (χ0v) is 7.26. The Kier molecular flexibility index (Phi) is 1.81. The van der Waals surface area contributed by atoms with Crippen LogP contribution in [0.2, 0.25) is 0 Å². The number of amides is 1. The summed E-state index contributed by atoms with van der Waals surface area (Å²) in [6.07, 6.45) is -0.388. The maximum atomic E-state index is 10.9. The number of carbonyl (C=O) groups is 1. The largest absolute Gasteiger partial charge is 0.444 e. The Morgan fingerprint density at radius 2 is 2.38 bits per heavy atom. The third-order valence-electron chi connectivity index (χ3n) is 1.99. The van der Waals surface area contributed by atoms with Crippen LogP contribution in [0.15, 0.2) is 18.2 Å². The van der Waals surface area contributed by atoms with Crippen LogP contribution in [0.5, 0.6) is 0 Å². The van der Waals surface area contributed by atoms with E-state index in [4.69, 9.17) is 4.74 Å². The molecule has 0 aliphatic carbocycles. The molecule has 0 saturated heterocycles. The minimum atomic E-state index is -0.388. The lowest BCUT2D eigenvalue weighted by molar-refractivity contribution is 0.151. The Morgan fingerprint density at radius 3 is 3.15 bits per heavy atom. The fourth-order valence-electron chi connectivity index (χ4n) is 1.26. The van der Waals surface area contributed by atoms with Gasteiger partial charge in [0.15, 0.2) is 0 Å². The third kappa shape index (κ3) is 1.42. The normalized spacial score (nSPS) is 14.1. The van der Waals surface area contributed by atoms with Gasteiger partial charge in [0.05, 0.1) is 5.69 Å². The van der Waals surface area contributed by atoms with E-state index in [9.17, 15) is 4.79 Å². The van der Waals surface area contributed by atoms with Crippen molar-refractivity contribution in [3.05, 3.63) is 23.8 Å². The molecule has 1 aromatic rings. The van der Waals surface area contributed by atoms with E-state index in [2.05, 4.69) is 10.6 Å². The number of hydrogen-bond donors (Lipinski definition) is 2. The first-order chi connectivity index (χ1) is 6.29. The Labute approximate surface area is 75.9 Å². The van der Waals surface area contributed by atoms with Crippen LogP contribution in [0.4, 0.5) is 16.2 Å². The molecule has 1 aliphatic heterocycles. The molecule has 0 bridgehead atoms. The average Bonchev–Trinajstić information content (AvgIpc) is 2.16. The molecule has 0 atom stereocenters. The van der Waals surface area contributed by atoms with Gasteiger partial charge in [-0.25, -0.2) is 4.79 Å². The minimum absolute atomic E-state index is 0.352. The maximum Gasteiger partial charge on any atom is 0.411 e. The molecule has 13 heavy (non-hydrogen) atoms. The fourth-order valence-corrected chi connectivity index (χ4v) is 1.26. The van der Waals surface area contributed by atoms with Gasteiger partial charge in [0, 0.05) is 18.3 Å². The number of rotatable bonds is 1. The van der Waals surface area contributed by atoms with E-state index >= 15 is 0 Å². The molecule has 2 rings (SSSR count). The maximum absolute atomic E-state index is 10.9. The molecule has 1 amide bonds. The molecule has 0 fully saturated rings. The predicted octanol–water partition coefficient (Wildman–Crippen LogP) is 1.79. The summed E-state index contributed by atoms with van der Waals surface area (Å²) in [5.74, 6) is 0. The molecule has 4 nitrogen and oxygen atoms in total. The van der Waals surface area contributed by atoms with E-state index in [1.165, 1.54) is 0 Å². The SMILES string of the molecule is CNc1ccc2c(c1)NC(=O)OC2. The van der Waals surface area contributed by atoms with Gasteiger partial charge in [0.25, 0.3) is 0 Å². The third-order valence-corrected chi connectivity index (χ3v) is 1.99. The molecular formula is C9H10N2O2. The molecule has 0 radical (unpaired) electrons. The molecule has 68 valence electrons. The Bertz CT molecular complexity index is 349. The summed E-state index contributed by atoms with van der Waals surface area (Å²) in [5.41, 5.74) is 2.79. The molecule has 1 aliphatic rings. The van der Waals surface area contributed by atoms with E-state index in [0.717, 1.165) is 16.9 Å². The van der Waals surface area contributed by atoms with Gasteiger partial charge in [-0.2, -0.15) is 0 Å². The molecule has 1 aromatic carbocycles. The number of benzene rings is 1. The standard InChI is InChI=1S/C9H10N2O2/c1-10-7-3-2-6-5-13-9(12)11-8(6)4-7/h2-4,10H,5H2,1H3,(H,11,12). The first kappa shape index (κ1) is 7.91. The van der Waals surface area contributed by atoms with Crippen molar-refractivity contribution in [1.29, 1.82) is 0 Å². The number of fused-ring (bicyclic) bond motifs is 1. The van der Waals surface area contributed by atoms with Crippen LogP contribution in [-0.4, -0.2) is 13.1 Å². The van der Waals surface area contributed by atoms with Crippen molar-refractivity contribution < 1.29 is 9.53 Å². The summed E-state index contributed by atoms with van der Waals surface area (Å²) in [5, 5.41) is 5.63. The lowest BCUT2D eigenvalue weighted by Crippen LogP contribution is -2.20. The molecule has 0 unspecified atom stereocenters. The second-order valence-corrected chi connectivity index (χ2v) is 2.82. The first-order valence-corrected chi connectivity index (χ1v) is 4.04. The summed E-state index contributed by atoms with van der Waals surface area (Å²) in [7, 11) is 1.84. The van der Waals surface area contributed by atoms with Crippen LogP contribution in [0.3, 0.4) is 0 Å². The van der Waals surface area contributed by atoms with Crippen LogP contribution < -0.4 is 10.6 Å². The molecule has 2 N–H and O–H groups in total. The molecule has 1 heterocycles. The van der Waals surface area contributed by atoms with E-state index in [1.807, 2.05) is 25.2 Å². The van der Waals surface area contributed by atoms with Crippen molar-refractivity contribution in [2.24, 2.45) is 0 Å². The zero-order chi connectivity index (χ0) is 9.26. The highest BCUT2D eigenvalue weighted by atomic mass is 16.5. The lowest BCUT2D eigenvalue weighted by atomic mass is 10.1. The monoisotopic (exact) mass is 178 g/mol. The van der Waals surface area contributed by atoms with Gasteiger partial charge < -0.3 is 10.1 Å². The van der Waals surface area contributed by atoms with Crippen molar-refractivity contribution in [3.8, 4) is 0 Å². The highest BCUT2D eigenvalue weighted by molar-refractivity contribution is 5.88. The van der Waals surface area contributed by atoms with Gasteiger partial charge in [-0.1, -0.05) is 6.07 Å². The fraction of sp³-hybridized carbons (Fsp3) is 0.222. The van der Waals surface area contributed by atoms with Crippen LogP contribution >= 0.6 is 0 Å². The number of nitrogens with one attached hydrogen (secondary N) is 2. The number of carbonyl (C=O) groups excluding carboxylic acids is 1. The zero-order valence-electron chi connectivity index (χ0n) is 7.26. The van der Waals surface area contributed by atoms with E-state index in [1.54, 1.807) is 0 Å². The minimum Gasteiger partial charge on any atom is -0.444 e. The van der Waals surface area contributed by atoms with Gasteiger partial charge in [0.1, 0.15) is 6.61 Å². The number of cyclic esters (lactones) is 1. The van der Waals surface area contributed by atoms with E-state index in [0.29, 0.717) is 6.61 Å². The first-order valence-electron chi connectivity index (χ1n) is 4.04. The predicted molar refractivity (Wildman–Crippen MR) is 49.8 cm³/mol. The molecule has 0 spiro atoms. The van der Waals surface area contributed by atoms with Gasteiger partial charge in [-0.05, 0) is 12.1 Å². The number of ether oxygens (including phenoxy) is 1. The molecule has 0 aromatic heterocycles. The summed E-state index contributed by atoms with van der Waals surface area (Å²) in [4.78, 5) is 10.9. The Hall–Kier alpha value is -1.71. The van der Waals surface area contributed by atoms with Crippen LogP contribution in [0.1, 0.15) is 5.56 Å². The van der Waals surface area contributed by atoms with Crippen LogP contribution in [-0.2, 0) is 11.3 Å². The summed E-state index contributed by atoms with van der Waals surface area (Å²) >= 11 is 0. The molecular weight excluding hydrogens is 168 g/mol. The summed E-state index contributed by atoms with van der Waals surface area (Å²) in [6, 6.07) is 5.76. The van der Waals surface area contributed by atoms with Gasteiger partial charge in [-0.15, -0.1) is 0 Å². The van der Waals surface area contributed by atoms with E-state index in [-0.39, 0.29) is 6.09 Å². The highest BCUT2D eigenvalue weighted by Gasteiger charge is 2.14. The van der Waals surface area contributed by atoms with Crippen molar-refractivity contribution in [1.82, 2.24) is 0 Å². The van der Waals surface area contributed by atoms with Crippen LogP contribution in [0, 0.1) is 0 Å². The highest BCUT2D eigenvalue weighted by Crippen LogP contribution is 2.24. The Balaban J connectivity index is 2.38.